The maximum Gasteiger partial charge on any atom is 0.0946 e. The highest BCUT2D eigenvalue weighted by Gasteiger charge is 2.18. The lowest BCUT2D eigenvalue weighted by atomic mass is 10.0. The van der Waals surface area contributed by atoms with Gasteiger partial charge < -0.3 is 4.57 Å². The van der Waals surface area contributed by atoms with E-state index in [0.717, 1.165) is 6.54 Å². The molecule has 0 N–H and O–H groups in total. The number of aryl methyl sites for hydroxylation is 2. The summed E-state index contributed by atoms with van der Waals surface area (Å²) in [5.41, 5.74) is 4.01. The molecule has 1 atom stereocenters. The molecule has 0 aliphatic rings. The van der Waals surface area contributed by atoms with Crippen molar-refractivity contribution in [3.8, 4) is 0 Å². The van der Waals surface area contributed by atoms with Gasteiger partial charge in [0.25, 0.3) is 0 Å². The summed E-state index contributed by atoms with van der Waals surface area (Å²) >= 11 is 1.95. The predicted octanol–water partition coefficient (Wildman–Crippen LogP) is 6.19. The molecule has 1 aromatic heterocycles. The summed E-state index contributed by atoms with van der Waals surface area (Å²) in [5, 5.41) is 2.94. The minimum atomic E-state index is 0.316. The van der Waals surface area contributed by atoms with E-state index in [9.17, 15) is 0 Å². The van der Waals surface area contributed by atoms with Gasteiger partial charge in [-0.15, -0.1) is 11.8 Å². The zero-order chi connectivity index (χ0) is 17.9. The lowest BCUT2D eigenvalue weighted by Gasteiger charge is -2.21. The van der Waals surface area contributed by atoms with Crippen molar-refractivity contribution in [1.29, 1.82) is 0 Å². The van der Waals surface area contributed by atoms with Gasteiger partial charge in [-0.1, -0.05) is 60.2 Å². The van der Waals surface area contributed by atoms with Crippen molar-refractivity contribution in [1.82, 2.24) is 9.55 Å². The maximum absolute atomic E-state index is 4.22. The Kier molecular flexibility index (Phi) is 4.81. The fraction of sp³-hybridized carbons (Fsp3) is 0.174. The summed E-state index contributed by atoms with van der Waals surface area (Å²) in [7, 11) is 0. The summed E-state index contributed by atoms with van der Waals surface area (Å²) in [4.78, 5) is 5.57. The summed E-state index contributed by atoms with van der Waals surface area (Å²) < 4.78 is 2.17. The van der Waals surface area contributed by atoms with Crippen LogP contribution in [0, 0.1) is 13.8 Å². The van der Waals surface area contributed by atoms with Gasteiger partial charge in [0.2, 0.25) is 0 Å². The van der Waals surface area contributed by atoms with Gasteiger partial charge in [-0.05, 0) is 41.8 Å². The zero-order valence-electron chi connectivity index (χ0n) is 15.1. The molecule has 1 unspecified atom stereocenters. The van der Waals surface area contributed by atoms with E-state index in [4.69, 9.17) is 0 Å². The van der Waals surface area contributed by atoms with E-state index < -0.39 is 0 Å². The van der Waals surface area contributed by atoms with Crippen LogP contribution in [0.15, 0.2) is 84.3 Å². The molecule has 3 aromatic carbocycles. The molecule has 0 bridgehead atoms. The number of hydrogen-bond acceptors (Lipinski definition) is 2. The number of rotatable bonds is 5. The van der Waals surface area contributed by atoms with Crippen LogP contribution in [0.3, 0.4) is 0 Å². The molecular formula is C23H22N2S. The first-order valence-electron chi connectivity index (χ1n) is 8.88. The van der Waals surface area contributed by atoms with Gasteiger partial charge >= 0.3 is 0 Å². The molecule has 0 saturated heterocycles. The van der Waals surface area contributed by atoms with Crippen molar-refractivity contribution >= 4 is 22.5 Å². The van der Waals surface area contributed by atoms with Crippen molar-refractivity contribution in [2.24, 2.45) is 0 Å². The van der Waals surface area contributed by atoms with Crippen molar-refractivity contribution in [2.45, 2.75) is 30.5 Å². The average molecular weight is 359 g/mol. The highest BCUT2D eigenvalue weighted by molar-refractivity contribution is 7.99. The molecule has 0 aliphatic carbocycles. The minimum Gasteiger partial charge on any atom is -0.336 e. The molecule has 4 rings (SSSR count). The summed E-state index contributed by atoms with van der Waals surface area (Å²) in [6.07, 6.45) is 5.80. The van der Waals surface area contributed by atoms with Crippen LogP contribution in [-0.4, -0.2) is 9.55 Å². The summed E-state index contributed by atoms with van der Waals surface area (Å²) in [6, 6.07) is 22.0. The molecule has 0 saturated carbocycles. The Hall–Kier alpha value is -2.52. The second-order valence-electron chi connectivity index (χ2n) is 6.70. The first-order chi connectivity index (χ1) is 12.7. The molecule has 4 aromatic rings. The Labute approximate surface area is 158 Å². The van der Waals surface area contributed by atoms with Crippen LogP contribution in [0.1, 0.15) is 21.9 Å². The third-order valence-corrected chi connectivity index (χ3v) is 6.10. The maximum atomic E-state index is 4.22. The monoisotopic (exact) mass is 358 g/mol. The smallest absolute Gasteiger partial charge is 0.0946 e. The number of hydrogen-bond donors (Lipinski definition) is 0. The van der Waals surface area contributed by atoms with Crippen molar-refractivity contribution in [3.63, 3.8) is 0 Å². The average Bonchev–Trinajstić information content (AvgIpc) is 3.17. The van der Waals surface area contributed by atoms with Crippen molar-refractivity contribution < 1.29 is 0 Å². The third-order valence-electron chi connectivity index (χ3n) is 4.72. The van der Waals surface area contributed by atoms with Gasteiger partial charge in [-0.3, -0.25) is 0 Å². The number of aromatic nitrogens is 2. The normalized spacial score (nSPS) is 12.4. The van der Waals surface area contributed by atoms with Crippen LogP contribution in [0.25, 0.3) is 10.8 Å². The Morgan fingerprint density at radius 1 is 1.00 bits per heavy atom. The van der Waals surface area contributed by atoms with E-state index in [1.54, 1.807) is 0 Å². The summed E-state index contributed by atoms with van der Waals surface area (Å²) in [6.45, 7) is 5.25. The zero-order valence-corrected chi connectivity index (χ0v) is 15.9. The van der Waals surface area contributed by atoms with E-state index in [1.807, 2.05) is 30.5 Å². The quantitative estimate of drug-likeness (QED) is 0.396. The first-order valence-corrected chi connectivity index (χ1v) is 9.76. The SMILES string of the molecule is Cc1ccc(C)c(SC(Cn2ccnc2)c2cccc3ccccc23)c1. The second-order valence-corrected chi connectivity index (χ2v) is 7.95. The van der Waals surface area contributed by atoms with Gasteiger partial charge in [0, 0.05) is 23.8 Å². The van der Waals surface area contributed by atoms with Gasteiger partial charge in [-0.25, -0.2) is 4.98 Å². The third kappa shape index (κ3) is 3.54. The molecule has 3 heteroatoms. The molecule has 0 aliphatic heterocycles. The fourth-order valence-electron chi connectivity index (χ4n) is 3.30. The summed E-state index contributed by atoms with van der Waals surface area (Å²) in [5.74, 6) is 0. The minimum absolute atomic E-state index is 0.316. The lowest BCUT2D eigenvalue weighted by molar-refractivity contribution is 0.686. The van der Waals surface area contributed by atoms with E-state index in [0.29, 0.717) is 5.25 Å². The van der Waals surface area contributed by atoms with Gasteiger partial charge in [0.05, 0.1) is 11.6 Å². The molecule has 0 radical (unpaired) electrons. The Bertz CT molecular complexity index is 1020. The van der Waals surface area contributed by atoms with E-state index in [-0.39, 0.29) is 0 Å². The van der Waals surface area contributed by atoms with Gasteiger partial charge in [0.1, 0.15) is 0 Å². The van der Waals surface area contributed by atoms with Crippen LogP contribution in [0.5, 0.6) is 0 Å². The largest absolute Gasteiger partial charge is 0.336 e. The van der Waals surface area contributed by atoms with E-state index >= 15 is 0 Å². The van der Waals surface area contributed by atoms with E-state index in [2.05, 4.69) is 84.1 Å². The van der Waals surface area contributed by atoms with Crippen molar-refractivity contribution in [2.75, 3.05) is 0 Å². The number of nitrogens with zero attached hydrogens (tertiary/aromatic N) is 2. The van der Waals surface area contributed by atoms with E-state index in [1.165, 1.54) is 32.4 Å². The van der Waals surface area contributed by atoms with Gasteiger partial charge in [-0.2, -0.15) is 0 Å². The topological polar surface area (TPSA) is 17.8 Å². The molecular weight excluding hydrogens is 336 g/mol. The highest BCUT2D eigenvalue weighted by Crippen LogP contribution is 2.41. The highest BCUT2D eigenvalue weighted by atomic mass is 32.2. The van der Waals surface area contributed by atoms with Crippen molar-refractivity contribution in [3.05, 3.63) is 96.1 Å². The molecule has 0 spiro atoms. The lowest BCUT2D eigenvalue weighted by Crippen LogP contribution is -2.06. The number of benzene rings is 3. The number of imidazole rings is 1. The standard InChI is InChI=1S/C23H22N2S/c1-17-10-11-18(2)22(14-17)26-23(15-25-13-12-24-16-25)21-9-5-7-19-6-3-4-8-20(19)21/h3-14,16,23H,15H2,1-2H3. The number of fused-ring (bicyclic) bond motifs is 1. The fourth-order valence-corrected chi connectivity index (χ4v) is 4.70. The van der Waals surface area contributed by atoms with Crippen LogP contribution in [-0.2, 0) is 6.54 Å². The van der Waals surface area contributed by atoms with Crippen LogP contribution in [0.2, 0.25) is 0 Å². The van der Waals surface area contributed by atoms with Crippen LogP contribution >= 0.6 is 11.8 Å². The molecule has 130 valence electrons. The van der Waals surface area contributed by atoms with Crippen LogP contribution in [0.4, 0.5) is 0 Å². The Balaban J connectivity index is 1.78. The number of thioether (sulfide) groups is 1. The molecule has 1 heterocycles. The molecule has 26 heavy (non-hydrogen) atoms. The molecule has 2 nitrogen and oxygen atoms in total. The predicted molar refractivity (Wildman–Crippen MR) is 111 cm³/mol. The second kappa shape index (κ2) is 7.38. The Morgan fingerprint density at radius 3 is 2.69 bits per heavy atom. The Morgan fingerprint density at radius 2 is 1.85 bits per heavy atom. The molecule has 0 fully saturated rings. The first kappa shape index (κ1) is 16.9. The van der Waals surface area contributed by atoms with Crippen LogP contribution < -0.4 is 0 Å². The van der Waals surface area contributed by atoms with Gasteiger partial charge in [0.15, 0.2) is 0 Å². The molecule has 0 amide bonds.